The molecule has 2 heterocycles. The highest BCUT2D eigenvalue weighted by Crippen LogP contribution is 2.17. The molecule has 0 saturated carbocycles. The molecule has 3 aromatic rings. The van der Waals surface area contributed by atoms with Crippen LogP contribution in [0.15, 0.2) is 42.9 Å². The summed E-state index contributed by atoms with van der Waals surface area (Å²) < 4.78 is 1.87. The van der Waals surface area contributed by atoms with Gasteiger partial charge in [-0.2, -0.15) is 5.10 Å². The second-order valence-electron chi connectivity index (χ2n) is 5.92. The van der Waals surface area contributed by atoms with Crippen molar-refractivity contribution in [3.8, 4) is 0 Å². The van der Waals surface area contributed by atoms with Gasteiger partial charge in [-0.25, -0.2) is 0 Å². The van der Waals surface area contributed by atoms with Crippen molar-refractivity contribution in [1.29, 1.82) is 0 Å². The van der Waals surface area contributed by atoms with E-state index < -0.39 is 0 Å². The molecule has 3 N–H and O–H groups in total. The lowest BCUT2D eigenvalue weighted by molar-refractivity contribution is -0.120. The van der Waals surface area contributed by atoms with E-state index in [4.69, 9.17) is 0 Å². The van der Waals surface area contributed by atoms with Crippen LogP contribution in [0.5, 0.6) is 0 Å². The van der Waals surface area contributed by atoms with E-state index in [1.807, 2.05) is 42.3 Å². The molecular weight excluding hydrogens is 302 g/mol. The lowest BCUT2D eigenvalue weighted by Crippen LogP contribution is -2.36. The molecule has 0 bridgehead atoms. The molecule has 6 nitrogen and oxygen atoms in total. The number of rotatable bonds is 8. The quantitative estimate of drug-likeness (QED) is 0.551. The van der Waals surface area contributed by atoms with Gasteiger partial charge in [-0.15, -0.1) is 0 Å². The van der Waals surface area contributed by atoms with Crippen LogP contribution in [0.3, 0.4) is 0 Å². The SMILES string of the molecule is Cc1cnn(CCNCC(=O)NCCc2c[nH]c3ccccc23)c1. The second kappa shape index (κ2) is 7.79. The standard InChI is InChI=1S/C18H23N5O/c1-14-10-22-23(13-14)9-8-19-12-18(24)20-7-6-15-11-21-17-5-3-2-4-16(15)17/h2-5,10-11,13,19,21H,6-9,12H2,1H3,(H,20,24). The maximum Gasteiger partial charge on any atom is 0.233 e. The summed E-state index contributed by atoms with van der Waals surface area (Å²) in [6.07, 6.45) is 6.66. The van der Waals surface area contributed by atoms with E-state index in [0.717, 1.165) is 30.6 Å². The fourth-order valence-electron chi connectivity index (χ4n) is 2.72. The first-order valence-corrected chi connectivity index (χ1v) is 8.24. The van der Waals surface area contributed by atoms with Gasteiger partial charge in [0.05, 0.1) is 19.3 Å². The fraction of sp³-hybridized carbons (Fsp3) is 0.333. The highest BCUT2D eigenvalue weighted by Gasteiger charge is 2.04. The molecule has 0 aliphatic carbocycles. The fourth-order valence-corrected chi connectivity index (χ4v) is 2.72. The van der Waals surface area contributed by atoms with Crippen molar-refractivity contribution in [2.75, 3.05) is 19.6 Å². The minimum Gasteiger partial charge on any atom is -0.361 e. The first-order valence-electron chi connectivity index (χ1n) is 8.24. The minimum absolute atomic E-state index is 0.0199. The van der Waals surface area contributed by atoms with E-state index in [0.29, 0.717) is 13.1 Å². The Morgan fingerprint density at radius 1 is 1.29 bits per heavy atom. The van der Waals surface area contributed by atoms with Gasteiger partial charge in [0.2, 0.25) is 5.91 Å². The Hall–Kier alpha value is -2.60. The molecule has 1 aromatic carbocycles. The average Bonchev–Trinajstić information content (AvgIpc) is 3.18. The zero-order valence-corrected chi connectivity index (χ0v) is 13.9. The first-order chi connectivity index (χ1) is 11.7. The maximum atomic E-state index is 11.8. The van der Waals surface area contributed by atoms with Crippen LogP contribution in [0.1, 0.15) is 11.1 Å². The van der Waals surface area contributed by atoms with Crippen molar-refractivity contribution in [2.24, 2.45) is 0 Å². The van der Waals surface area contributed by atoms with Crippen molar-refractivity contribution >= 4 is 16.8 Å². The summed E-state index contributed by atoms with van der Waals surface area (Å²) in [6.45, 7) is 4.46. The summed E-state index contributed by atoms with van der Waals surface area (Å²) >= 11 is 0. The Balaban J connectivity index is 1.34. The van der Waals surface area contributed by atoms with E-state index in [-0.39, 0.29) is 5.91 Å². The van der Waals surface area contributed by atoms with Gasteiger partial charge in [-0.3, -0.25) is 9.48 Å². The molecular formula is C18H23N5O. The molecule has 24 heavy (non-hydrogen) atoms. The Morgan fingerprint density at radius 2 is 2.17 bits per heavy atom. The van der Waals surface area contributed by atoms with Crippen molar-refractivity contribution in [2.45, 2.75) is 19.9 Å². The lowest BCUT2D eigenvalue weighted by atomic mass is 10.1. The number of hydrogen-bond acceptors (Lipinski definition) is 3. The average molecular weight is 325 g/mol. The number of hydrogen-bond donors (Lipinski definition) is 3. The van der Waals surface area contributed by atoms with Crippen LogP contribution in [-0.4, -0.2) is 40.3 Å². The number of H-pyrrole nitrogens is 1. The van der Waals surface area contributed by atoms with Crippen LogP contribution >= 0.6 is 0 Å². The number of nitrogens with one attached hydrogen (secondary N) is 3. The van der Waals surface area contributed by atoms with Gasteiger partial charge >= 0.3 is 0 Å². The number of benzene rings is 1. The predicted molar refractivity (Wildman–Crippen MR) is 94.8 cm³/mol. The van der Waals surface area contributed by atoms with Gasteiger partial charge in [0.1, 0.15) is 0 Å². The molecule has 126 valence electrons. The molecule has 3 rings (SSSR count). The molecule has 0 aliphatic rings. The third kappa shape index (κ3) is 4.23. The summed E-state index contributed by atoms with van der Waals surface area (Å²) in [5.74, 6) is 0.0199. The van der Waals surface area contributed by atoms with E-state index in [2.05, 4.69) is 32.8 Å². The van der Waals surface area contributed by atoms with Crippen LogP contribution in [0.4, 0.5) is 0 Å². The van der Waals surface area contributed by atoms with Crippen LogP contribution in [-0.2, 0) is 17.8 Å². The molecule has 0 aliphatic heterocycles. The Labute approximate surface area is 141 Å². The molecule has 0 saturated heterocycles. The molecule has 2 aromatic heterocycles. The van der Waals surface area contributed by atoms with Crippen LogP contribution in [0.2, 0.25) is 0 Å². The number of aromatic amines is 1. The van der Waals surface area contributed by atoms with Crippen LogP contribution < -0.4 is 10.6 Å². The highest BCUT2D eigenvalue weighted by atomic mass is 16.1. The van der Waals surface area contributed by atoms with E-state index >= 15 is 0 Å². The van der Waals surface area contributed by atoms with E-state index in [1.165, 1.54) is 10.9 Å². The number of nitrogens with zero attached hydrogens (tertiary/aromatic N) is 2. The second-order valence-corrected chi connectivity index (χ2v) is 5.92. The zero-order valence-electron chi connectivity index (χ0n) is 13.9. The summed E-state index contributed by atoms with van der Waals surface area (Å²) in [4.78, 5) is 15.1. The number of para-hydroxylation sites is 1. The summed E-state index contributed by atoms with van der Waals surface area (Å²) in [7, 11) is 0. The Kier molecular flexibility index (Phi) is 5.28. The first kappa shape index (κ1) is 16.3. The molecule has 6 heteroatoms. The number of aryl methyl sites for hydroxylation is 1. The zero-order chi connectivity index (χ0) is 16.8. The van der Waals surface area contributed by atoms with Crippen molar-refractivity contribution in [1.82, 2.24) is 25.4 Å². The topological polar surface area (TPSA) is 74.7 Å². The summed E-state index contributed by atoms with van der Waals surface area (Å²) in [5.41, 5.74) is 3.51. The van der Waals surface area contributed by atoms with Gasteiger partial charge in [0.25, 0.3) is 0 Å². The van der Waals surface area contributed by atoms with Gasteiger partial charge in [-0.1, -0.05) is 18.2 Å². The monoisotopic (exact) mass is 325 g/mol. The van der Waals surface area contributed by atoms with Gasteiger partial charge in [0.15, 0.2) is 0 Å². The van der Waals surface area contributed by atoms with E-state index in [9.17, 15) is 4.79 Å². The van der Waals surface area contributed by atoms with Crippen LogP contribution in [0.25, 0.3) is 10.9 Å². The van der Waals surface area contributed by atoms with Gasteiger partial charge < -0.3 is 15.6 Å². The molecule has 0 fully saturated rings. The molecule has 1 amide bonds. The predicted octanol–water partition coefficient (Wildman–Crippen LogP) is 1.62. The summed E-state index contributed by atoms with van der Waals surface area (Å²) in [5, 5.41) is 11.5. The Morgan fingerprint density at radius 3 is 3.00 bits per heavy atom. The van der Waals surface area contributed by atoms with E-state index in [1.54, 1.807) is 0 Å². The highest BCUT2D eigenvalue weighted by molar-refractivity contribution is 5.83. The number of fused-ring (bicyclic) bond motifs is 1. The van der Waals surface area contributed by atoms with Gasteiger partial charge in [0, 0.05) is 36.4 Å². The third-order valence-corrected chi connectivity index (χ3v) is 3.96. The smallest absolute Gasteiger partial charge is 0.233 e. The largest absolute Gasteiger partial charge is 0.361 e. The normalized spacial score (nSPS) is 11.0. The number of carbonyl (C=O) groups excluding carboxylic acids is 1. The van der Waals surface area contributed by atoms with Crippen molar-refractivity contribution in [3.63, 3.8) is 0 Å². The molecule has 0 atom stereocenters. The van der Waals surface area contributed by atoms with Crippen molar-refractivity contribution in [3.05, 3.63) is 54.0 Å². The lowest BCUT2D eigenvalue weighted by Gasteiger charge is -2.07. The minimum atomic E-state index is 0.0199. The summed E-state index contributed by atoms with van der Waals surface area (Å²) in [6, 6.07) is 8.20. The number of carbonyl (C=O) groups is 1. The molecule has 0 unspecified atom stereocenters. The number of amides is 1. The maximum absolute atomic E-state index is 11.8. The van der Waals surface area contributed by atoms with Gasteiger partial charge in [-0.05, 0) is 30.5 Å². The molecule has 0 radical (unpaired) electrons. The molecule has 0 spiro atoms. The Bertz CT molecular complexity index is 804. The van der Waals surface area contributed by atoms with Crippen LogP contribution in [0, 0.1) is 6.92 Å². The van der Waals surface area contributed by atoms with Crippen molar-refractivity contribution < 1.29 is 4.79 Å². The number of aromatic nitrogens is 3. The third-order valence-electron chi connectivity index (χ3n) is 3.96.